The zero-order chi connectivity index (χ0) is 12.3. The lowest BCUT2D eigenvalue weighted by atomic mass is 10.2. The summed E-state index contributed by atoms with van der Waals surface area (Å²) < 4.78 is 5.55. The van der Waals surface area contributed by atoms with E-state index in [4.69, 9.17) is 4.42 Å². The van der Waals surface area contributed by atoms with Crippen molar-refractivity contribution in [1.82, 2.24) is 4.90 Å². The highest BCUT2D eigenvalue weighted by Gasteiger charge is 2.17. The van der Waals surface area contributed by atoms with Crippen LogP contribution in [-0.4, -0.2) is 29.2 Å². The Morgan fingerprint density at radius 3 is 2.82 bits per heavy atom. The zero-order valence-corrected chi connectivity index (χ0v) is 11.2. The third-order valence-electron chi connectivity index (χ3n) is 2.66. The summed E-state index contributed by atoms with van der Waals surface area (Å²) in [4.78, 5) is 13.9. The van der Waals surface area contributed by atoms with Gasteiger partial charge in [-0.05, 0) is 19.1 Å². The van der Waals surface area contributed by atoms with E-state index in [0.29, 0.717) is 18.8 Å². The monoisotopic (exact) mass is 295 g/mol. The van der Waals surface area contributed by atoms with Crippen molar-refractivity contribution in [2.75, 3.05) is 18.4 Å². The van der Waals surface area contributed by atoms with Crippen LogP contribution in [0.4, 0.5) is 0 Å². The molecule has 0 aliphatic carbocycles. The molecular formula is C13H14BrNO2. The van der Waals surface area contributed by atoms with Gasteiger partial charge in [-0.3, -0.25) is 4.79 Å². The summed E-state index contributed by atoms with van der Waals surface area (Å²) in [5.41, 5.74) is 0.755. The molecule has 90 valence electrons. The Morgan fingerprint density at radius 1 is 1.41 bits per heavy atom. The molecule has 0 bridgehead atoms. The second-order valence-corrected chi connectivity index (χ2v) is 4.52. The molecule has 0 fully saturated rings. The van der Waals surface area contributed by atoms with Crippen molar-refractivity contribution in [3.8, 4) is 0 Å². The molecule has 2 aromatic rings. The Kier molecular flexibility index (Phi) is 3.84. The first-order valence-corrected chi connectivity index (χ1v) is 6.72. The van der Waals surface area contributed by atoms with Gasteiger partial charge in [-0.1, -0.05) is 34.1 Å². The van der Waals surface area contributed by atoms with Gasteiger partial charge in [0.15, 0.2) is 5.76 Å². The smallest absolute Gasteiger partial charge is 0.289 e. The molecule has 1 aromatic carbocycles. The number of para-hydroxylation sites is 1. The number of rotatable bonds is 4. The van der Waals surface area contributed by atoms with Crippen molar-refractivity contribution in [3.63, 3.8) is 0 Å². The van der Waals surface area contributed by atoms with Gasteiger partial charge in [-0.25, -0.2) is 0 Å². The van der Waals surface area contributed by atoms with E-state index < -0.39 is 0 Å². The maximum absolute atomic E-state index is 12.1. The average molecular weight is 296 g/mol. The molecule has 0 unspecified atom stereocenters. The molecule has 1 amide bonds. The fourth-order valence-corrected chi connectivity index (χ4v) is 2.18. The molecule has 0 radical (unpaired) electrons. The number of benzene rings is 1. The van der Waals surface area contributed by atoms with Gasteiger partial charge in [0.2, 0.25) is 0 Å². The van der Waals surface area contributed by atoms with Crippen LogP contribution in [-0.2, 0) is 0 Å². The number of nitrogens with zero attached hydrogens (tertiary/aromatic N) is 1. The average Bonchev–Trinajstić information content (AvgIpc) is 2.78. The number of amides is 1. The van der Waals surface area contributed by atoms with Crippen molar-refractivity contribution >= 4 is 32.8 Å². The normalized spacial score (nSPS) is 10.7. The van der Waals surface area contributed by atoms with E-state index in [1.807, 2.05) is 31.2 Å². The van der Waals surface area contributed by atoms with Crippen molar-refractivity contribution in [2.45, 2.75) is 6.92 Å². The molecule has 0 aliphatic heterocycles. The Balaban J connectivity index is 2.29. The first-order chi connectivity index (χ1) is 8.26. The first kappa shape index (κ1) is 12.2. The summed E-state index contributed by atoms with van der Waals surface area (Å²) in [5.74, 6) is 0.358. The summed E-state index contributed by atoms with van der Waals surface area (Å²) in [7, 11) is 0. The van der Waals surface area contributed by atoms with Gasteiger partial charge in [-0.2, -0.15) is 0 Å². The molecule has 17 heavy (non-hydrogen) atoms. The van der Waals surface area contributed by atoms with Gasteiger partial charge in [0, 0.05) is 23.8 Å². The first-order valence-electron chi connectivity index (χ1n) is 5.60. The predicted octanol–water partition coefficient (Wildman–Crippen LogP) is 3.29. The van der Waals surface area contributed by atoms with Crippen molar-refractivity contribution in [1.29, 1.82) is 0 Å². The van der Waals surface area contributed by atoms with Crippen molar-refractivity contribution < 1.29 is 9.21 Å². The Hall–Kier alpha value is -1.29. The highest BCUT2D eigenvalue weighted by atomic mass is 79.9. The lowest BCUT2D eigenvalue weighted by molar-refractivity contribution is 0.0745. The van der Waals surface area contributed by atoms with Crippen LogP contribution < -0.4 is 0 Å². The fraction of sp³-hybridized carbons (Fsp3) is 0.308. The third kappa shape index (κ3) is 2.52. The van der Waals surface area contributed by atoms with E-state index in [2.05, 4.69) is 15.9 Å². The molecule has 0 atom stereocenters. The topological polar surface area (TPSA) is 33.5 Å². The van der Waals surface area contributed by atoms with Crippen LogP contribution in [0.5, 0.6) is 0 Å². The molecule has 1 aromatic heterocycles. The van der Waals surface area contributed by atoms with E-state index >= 15 is 0 Å². The molecular weight excluding hydrogens is 282 g/mol. The van der Waals surface area contributed by atoms with E-state index in [9.17, 15) is 4.79 Å². The third-order valence-corrected chi connectivity index (χ3v) is 3.01. The SMILES string of the molecule is CCN(CCBr)C(=O)c1cc2ccccc2o1. The van der Waals surface area contributed by atoms with E-state index in [-0.39, 0.29) is 5.91 Å². The van der Waals surface area contributed by atoms with Crippen LogP contribution in [0, 0.1) is 0 Å². The highest BCUT2D eigenvalue weighted by Crippen LogP contribution is 2.19. The number of carbonyl (C=O) groups is 1. The number of alkyl halides is 1. The number of fused-ring (bicyclic) bond motifs is 1. The summed E-state index contributed by atoms with van der Waals surface area (Å²) in [6, 6.07) is 9.44. The summed E-state index contributed by atoms with van der Waals surface area (Å²) >= 11 is 3.34. The van der Waals surface area contributed by atoms with Crippen LogP contribution in [0.25, 0.3) is 11.0 Å². The molecule has 4 heteroatoms. The quantitative estimate of drug-likeness (QED) is 0.811. The number of carbonyl (C=O) groups excluding carboxylic acids is 1. The minimum Gasteiger partial charge on any atom is -0.451 e. The maximum Gasteiger partial charge on any atom is 0.289 e. The predicted molar refractivity (Wildman–Crippen MR) is 71.6 cm³/mol. The number of furan rings is 1. The van der Waals surface area contributed by atoms with E-state index in [1.165, 1.54) is 0 Å². The van der Waals surface area contributed by atoms with Crippen LogP contribution >= 0.6 is 15.9 Å². The van der Waals surface area contributed by atoms with Crippen LogP contribution in [0.15, 0.2) is 34.7 Å². The summed E-state index contributed by atoms with van der Waals surface area (Å²) in [6.45, 7) is 3.33. The maximum atomic E-state index is 12.1. The lowest BCUT2D eigenvalue weighted by Crippen LogP contribution is -2.32. The van der Waals surface area contributed by atoms with Gasteiger partial charge in [0.05, 0.1) is 0 Å². The van der Waals surface area contributed by atoms with Crippen LogP contribution in [0.3, 0.4) is 0 Å². The molecule has 0 saturated heterocycles. The highest BCUT2D eigenvalue weighted by molar-refractivity contribution is 9.09. The summed E-state index contributed by atoms with van der Waals surface area (Å²) in [6.07, 6.45) is 0. The Morgan fingerprint density at radius 2 is 2.18 bits per heavy atom. The van der Waals surface area contributed by atoms with E-state index in [1.54, 1.807) is 11.0 Å². The minimum absolute atomic E-state index is 0.0526. The summed E-state index contributed by atoms with van der Waals surface area (Å²) in [5, 5.41) is 1.73. The standard InChI is InChI=1S/C13H14BrNO2/c1-2-15(8-7-14)13(16)12-9-10-5-3-4-6-11(10)17-12/h3-6,9H,2,7-8H2,1H3. The zero-order valence-electron chi connectivity index (χ0n) is 9.65. The molecule has 2 rings (SSSR count). The molecule has 0 N–H and O–H groups in total. The van der Waals surface area contributed by atoms with Crippen molar-refractivity contribution in [3.05, 3.63) is 36.1 Å². The molecule has 0 spiro atoms. The van der Waals surface area contributed by atoms with Gasteiger partial charge in [0.1, 0.15) is 5.58 Å². The lowest BCUT2D eigenvalue weighted by Gasteiger charge is -2.17. The molecule has 0 aliphatic rings. The van der Waals surface area contributed by atoms with Gasteiger partial charge in [0.25, 0.3) is 5.91 Å². The second-order valence-electron chi connectivity index (χ2n) is 3.72. The van der Waals surface area contributed by atoms with Gasteiger partial charge < -0.3 is 9.32 Å². The molecule has 3 nitrogen and oxygen atoms in total. The number of hydrogen-bond acceptors (Lipinski definition) is 2. The largest absolute Gasteiger partial charge is 0.451 e. The molecule has 1 heterocycles. The number of hydrogen-bond donors (Lipinski definition) is 0. The van der Waals surface area contributed by atoms with Gasteiger partial charge >= 0.3 is 0 Å². The Bertz CT molecular complexity index is 488. The minimum atomic E-state index is -0.0526. The fourth-order valence-electron chi connectivity index (χ4n) is 1.75. The second kappa shape index (κ2) is 5.36. The Labute approximate surface area is 109 Å². The number of halogens is 1. The van der Waals surface area contributed by atoms with Crippen molar-refractivity contribution in [2.24, 2.45) is 0 Å². The van der Waals surface area contributed by atoms with Crippen LogP contribution in [0.2, 0.25) is 0 Å². The van der Waals surface area contributed by atoms with E-state index in [0.717, 1.165) is 16.3 Å². The van der Waals surface area contributed by atoms with Crippen LogP contribution in [0.1, 0.15) is 17.5 Å². The van der Waals surface area contributed by atoms with Gasteiger partial charge in [-0.15, -0.1) is 0 Å². The molecule has 0 saturated carbocycles.